The number of methoxy groups -OCH3 is 1. The molecule has 0 radical (unpaired) electrons. The number of likely N-dealkylation sites (tertiary alicyclic amines) is 1. The van der Waals surface area contributed by atoms with Crippen LogP contribution in [0.25, 0.3) is 22.0 Å². The first-order valence-electron chi connectivity index (χ1n) is 9.50. The highest BCUT2D eigenvalue weighted by Crippen LogP contribution is 2.35. The van der Waals surface area contributed by atoms with E-state index in [9.17, 15) is 0 Å². The van der Waals surface area contributed by atoms with Gasteiger partial charge >= 0.3 is 0 Å². The van der Waals surface area contributed by atoms with E-state index < -0.39 is 0 Å². The molecule has 1 aromatic heterocycles. The van der Waals surface area contributed by atoms with Crippen molar-refractivity contribution < 1.29 is 4.74 Å². The maximum atomic E-state index is 5.64. The summed E-state index contributed by atoms with van der Waals surface area (Å²) in [6.45, 7) is 4.29. The molecule has 1 aliphatic rings. The second-order valence-corrected chi connectivity index (χ2v) is 7.41. The Morgan fingerprint density at radius 1 is 1.11 bits per heavy atom. The van der Waals surface area contributed by atoms with E-state index in [0.29, 0.717) is 6.04 Å². The molecule has 5 nitrogen and oxygen atoms in total. The molecule has 1 atom stereocenters. The van der Waals surface area contributed by atoms with Gasteiger partial charge in [-0.3, -0.25) is 0 Å². The number of piperidine rings is 1. The average molecular weight is 362 g/mol. The lowest BCUT2D eigenvalue weighted by molar-refractivity contribution is 0.260. The van der Waals surface area contributed by atoms with E-state index in [0.717, 1.165) is 40.3 Å². The van der Waals surface area contributed by atoms with Crippen LogP contribution in [0.3, 0.4) is 0 Å². The summed E-state index contributed by atoms with van der Waals surface area (Å²) in [4.78, 5) is 2.36. The number of benzene rings is 2. The first kappa shape index (κ1) is 17.7. The Kier molecular flexibility index (Phi) is 4.94. The molecule has 1 fully saturated rings. The third-order valence-electron chi connectivity index (χ3n) is 5.28. The lowest BCUT2D eigenvalue weighted by atomic mass is 10.0. The van der Waals surface area contributed by atoms with Crippen molar-refractivity contribution in [1.29, 1.82) is 0 Å². The average Bonchev–Trinajstić information content (AvgIpc) is 2.67. The van der Waals surface area contributed by atoms with Crippen molar-refractivity contribution in [1.82, 2.24) is 15.1 Å². The van der Waals surface area contributed by atoms with Crippen molar-refractivity contribution in [2.24, 2.45) is 0 Å². The molecule has 2 aromatic carbocycles. The molecule has 2 heterocycles. The molecule has 0 spiro atoms. The van der Waals surface area contributed by atoms with Crippen molar-refractivity contribution in [2.45, 2.75) is 25.8 Å². The monoisotopic (exact) mass is 362 g/mol. The zero-order valence-electron chi connectivity index (χ0n) is 16.2. The number of anilines is 1. The van der Waals surface area contributed by atoms with Crippen molar-refractivity contribution in [2.75, 3.05) is 32.6 Å². The third kappa shape index (κ3) is 3.74. The summed E-state index contributed by atoms with van der Waals surface area (Å²) in [5, 5.41) is 14.9. The highest BCUT2D eigenvalue weighted by molar-refractivity contribution is 5.90. The number of ether oxygens (including phenoxy) is 1. The highest BCUT2D eigenvalue weighted by atomic mass is 16.5. The van der Waals surface area contributed by atoms with E-state index in [4.69, 9.17) is 4.74 Å². The molecule has 0 unspecified atom stereocenters. The molecule has 1 saturated heterocycles. The zero-order chi connectivity index (χ0) is 18.8. The largest absolute Gasteiger partial charge is 0.496 e. The Labute approximate surface area is 160 Å². The second-order valence-electron chi connectivity index (χ2n) is 7.41. The number of rotatable bonds is 4. The molecule has 5 heteroatoms. The number of aromatic nitrogens is 2. The van der Waals surface area contributed by atoms with Crippen LogP contribution in [0.2, 0.25) is 0 Å². The fourth-order valence-electron chi connectivity index (χ4n) is 3.89. The number of nitrogens with one attached hydrogen (secondary N) is 1. The number of fused-ring (bicyclic) bond motifs is 1. The van der Waals surface area contributed by atoms with Gasteiger partial charge in [0, 0.05) is 18.2 Å². The molecular weight excluding hydrogens is 336 g/mol. The van der Waals surface area contributed by atoms with Gasteiger partial charge in [0.15, 0.2) is 0 Å². The summed E-state index contributed by atoms with van der Waals surface area (Å²) in [5.41, 5.74) is 2.93. The van der Waals surface area contributed by atoms with E-state index in [1.807, 2.05) is 12.1 Å². The third-order valence-corrected chi connectivity index (χ3v) is 5.28. The van der Waals surface area contributed by atoms with Gasteiger partial charge in [-0.2, -0.15) is 0 Å². The number of hydrogen-bond acceptors (Lipinski definition) is 5. The van der Waals surface area contributed by atoms with Gasteiger partial charge in [0.1, 0.15) is 11.6 Å². The van der Waals surface area contributed by atoms with Crippen LogP contribution in [0.1, 0.15) is 18.4 Å². The minimum absolute atomic E-state index is 0.429. The van der Waals surface area contributed by atoms with Gasteiger partial charge in [0.25, 0.3) is 0 Å². The van der Waals surface area contributed by atoms with Gasteiger partial charge in [-0.1, -0.05) is 24.3 Å². The first-order chi connectivity index (χ1) is 13.1. The van der Waals surface area contributed by atoms with Gasteiger partial charge < -0.3 is 15.0 Å². The maximum Gasteiger partial charge on any atom is 0.149 e. The molecule has 0 amide bonds. The number of nitrogens with zero attached hydrogens (tertiary/aromatic N) is 3. The molecule has 0 aliphatic carbocycles. The van der Waals surface area contributed by atoms with Crippen LogP contribution < -0.4 is 10.1 Å². The van der Waals surface area contributed by atoms with Gasteiger partial charge in [-0.15, -0.1) is 10.2 Å². The lowest BCUT2D eigenvalue weighted by Crippen LogP contribution is -2.39. The zero-order valence-corrected chi connectivity index (χ0v) is 16.2. The molecule has 140 valence electrons. The van der Waals surface area contributed by atoms with Crippen LogP contribution in [0.5, 0.6) is 5.75 Å². The maximum absolute atomic E-state index is 5.64. The molecule has 4 rings (SSSR count). The highest BCUT2D eigenvalue weighted by Gasteiger charge is 2.18. The van der Waals surface area contributed by atoms with E-state index in [1.165, 1.54) is 24.8 Å². The summed E-state index contributed by atoms with van der Waals surface area (Å²) in [6.07, 6.45) is 2.39. The lowest BCUT2D eigenvalue weighted by Gasteiger charge is -2.30. The Bertz CT molecular complexity index is 956. The SMILES string of the molecule is COc1cc2ccccc2cc1-c1nnc(N[C@@H]2CCCN(C)C2)cc1C. The van der Waals surface area contributed by atoms with Crippen LogP contribution in [-0.4, -0.2) is 48.4 Å². The minimum atomic E-state index is 0.429. The molecule has 3 aromatic rings. The van der Waals surface area contributed by atoms with E-state index in [-0.39, 0.29) is 0 Å². The first-order valence-corrected chi connectivity index (χ1v) is 9.50. The van der Waals surface area contributed by atoms with Crippen LogP contribution >= 0.6 is 0 Å². The molecular formula is C22H26N4O. The van der Waals surface area contributed by atoms with E-state index in [1.54, 1.807) is 7.11 Å². The molecule has 1 aliphatic heterocycles. The Hall–Kier alpha value is -2.66. The quantitative estimate of drug-likeness (QED) is 0.757. The summed E-state index contributed by atoms with van der Waals surface area (Å²) in [5.74, 6) is 1.66. The van der Waals surface area contributed by atoms with Crippen molar-refractivity contribution >= 4 is 16.6 Å². The van der Waals surface area contributed by atoms with Crippen LogP contribution in [-0.2, 0) is 0 Å². The van der Waals surface area contributed by atoms with Crippen LogP contribution in [0.4, 0.5) is 5.82 Å². The number of aryl methyl sites for hydroxylation is 1. The van der Waals surface area contributed by atoms with E-state index in [2.05, 4.69) is 64.7 Å². The van der Waals surface area contributed by atoms with Gasteiger partial charge in [-0.25, -0.2) is 0 Å². The number of likely N-dealkylation sites (N-methyl/N-ethyl adjacent to an activating group) is 1. The molecule has 0 bridgehead atoms. The number of hydrogen-bond donors (Lipinski definition) is 1. The summed E-state index contributed by atoms with van der Waals surface area (Å²) in [7, 11) is 3.87. The Morgan fingerprint density at radius 3 is 2.59 bits per heavy atom. The van der Waals surface area contributed by atoms with Crippen LogP contribution in [0, 0.1) is 6.92 Å². The standard InChI is InChI=1S/C22H26N4O/c1-15-11-21(23-18-9-6-10-26(2)14-18)24-25-22(15)19-12-16-7-4-5-8-17(16)13-20(19)27-3/h4-5,7-8,11-13,18H,6,9-10,14H2,1-3H3,(H,23,24)/t18-/m1/s1. The summed E-state index contributed by atoms with van der Waals surface area (Å²) < 4.78 is 5.64. The van der Waals surface area contributed by atoms with Crippen molar-refractivity contribution in [3.8, 4) is 17.0 Å². The summed E-state index contributed by atoms with van der Waals surface area (Å²) >= 11 is 0. The minimum Gasteiger partial charge on any atom is -0.496 e. The topological polar surface area (TPSA) is 50.3 Å². The second kappa shape index (κ2) is 7.53. The predicted molar refractivity (Wildman–Crippen MR) is 110 cm³/mol. The Morgan fingerprint density at radius 2 is 1.89 bits per heavy atom. The molecule has 0 saturated carbocycles. The van der Waals surface area contributed by atoms with Gasteiger partial charge in [0.05, 0.1) is 12.8 Å². The predicted octanol–water partition coefficient (Wildman–Crippen LogP) is 4.12. The van der Waals surface area contributed by atoms with Crippen molar-refractivity contribution in [3.05, 3.63) is 48.0 Å². The summed E-state index contributed by atoms with van der Waals surface area (Å²) in [6, 6.07) is 15.0. The normalized spacial score (nSPS) is 17.8. The smallest absolute Gasteiger partial charge is 0.149 e. The van der Waals surface area contributed by atoms with Crippen LogP contribution in [0.15, 0.2) is 42.5 Å². The Balaban J connectivity index is 1.65. The van der Waals surface area contributed by atoms with Gasteiger partial charge in [-0.05, 0) is 67.9 Å². The fraction of sp³-hybridized carbons (Fsp3) is 0.364. The fourth-order valence-corrected chi connectivity index (χ4v) is 3.89. The van der Waals surface area contributed by atoms with E-state index >= 15 is 0 Å². The molecule has 27 heavy (non-hydrogen) atoms. The molecule has 1 N–H and O–H groups in total. The van der Waals surface area contributed by atoms with Crippen molar-refractivity contribution in [3.63, 3.8) is 0 Å². The van der Waals surface area contributed by atoms with Gasteiger partial charge in [0.2, 0.25) is 0 Å².